The van der Waals surface area contributed by atoms with Crippen molar-refractivity contribution in [3.63, 3.8) is 0 Å². The molecule has 1 aliphatic rings. The van der Waals surface area contributed by atoms with Gasteiger partial charge in [-0.25, -0.2) is 0 Å². The molecule has 1 unspecified atom stereocenters. The van der Waals surface area contributed by atoms with Crippen LogP contribution in [-0.2, 0) is 0 Å². The summed E-state index contributed by atoms with van der Waals surface area (Å²) < 4.78 is 0. The van der Waals surface area contributed by atoms with Crippen molar-refractivity contribution in [1.82, 2.24) is 4.90 Å². The van der Waals surface area contributed by atoms with E-state index >= 15 is 0 Å². The van der Waals surface area contributed by atoms with E-state index in [1.54, 1.807) is 0 Å². The van der Waals surface area contributed by atoms with Gasteiger partial charge in [-0.15, -0.1) is 0 Å². The van der Waals surface area contributed by atoms with Gasteiger partial charge >= 0.3 is 0 Å². The van der Waals surface area contributed by atoms with Crippen molar-refractivity contribution in [1.29, 1.82) is 0 Å². The van der Waals surface area contributed by atoms with E-state index in [9.17, 15) is 5.11 Å². The van der Waals surface area contributed by atoms with Crippen molar-refractivity contribution in [2.75, 3.05) is 19.6 Å². The second kappa shape index (κ2) is 5.85. The Labute approximate surface area is 111 Å². The lowest BCUT2D eigenvalue weighted by Gasteiger charge is -2.20. The van der Waals surface area contributed by atoms with E-state index in [0.717, 1.165) is 18.5 Å². The molecule has 1 fully saturated rings. The largest absolute Gasteiger partial charge is 0.388 e. The summed E-state index contributed by atoms with van der Waals surface area (Å²) in [5.74, 6) is 0. The molecular weight excluding hydrogens is 222 g/mol. The van der Waals surface area contributed by atoms with Gasteiger partial charge in [0.15, 0.2) is 0 Å². The number of likely N-dealkylation sites (tertiary alicyclic amines) is 1. The van der Waals surface area contributed by atoms with Crippen molar-refractivity contribution in [2.45, 2.75) is 46.1 Å². The quantitative estimate of drug-likeness (QED) is 0.883. The lowest BCUT2D eigenvalue weighted by molar-refractivity contribution is 0.147. The molecule has 100 valence electrons. The summed E-state index contributed by atoms with van der Waals surface area (Å²) in [6.07, 6.45) is 3.17. The van der Waals surface area contributed by atoms with Crippen molar-refractivity contribution in [2.24, 2.45) is 0 Å². The maximum absolute atomic E-state index is 10.4. The first-order valence-corrected chi connectivity index (χ1v) is 7.06. The number of rotatable bonds is 4. The molecule has 0 radical (unpaired) electrons. The van der Waals surface area contributed by atoms with E-state index < -0.39 is 0 Å². The molecule has 0 aliphatic carbocycles. The van der Waals surface area contributed by atoms with Crippen molar-refractivity contribution < 1.29 is 5.11 Å². The Morgan fingerprint density at radius 1 is 1.11 bits per heavy atom. The Kier molecular flexibility index (Phi) is 4.41. The topological polar surface area (TPSA) is 23.5 Å². The summed E-state index contributed by atoms with van der Waals surface area (Å²) in [5.41, 5.74) is 4.86. The highest BCUT2D eigenvalue weighted by Gasteiger charge is 2.17. The zero-order valence-corrected chi connectivity index (χ0v) is 11.9. The van der Waals surface area contributed by atoms with E-state index in [1.165, 1.54) is 42.6 Å². The number of benzene rings is 1. The van der Waals surface area contributed by atoms with Gasteiger partial charge in [0.05, 0.1) is 6.10 Å². The molecule has 1 atom stereocenters. The predicted octanol–water partition coefficient (Wildman–Crippen LogP) is 3.13. The maximum atomic E-state index is 10.4. The molecule has 1 saturated heterocycles. The molecule has 0 bridgehead atoms. The van der Waals surface area contributed by atoms with Crippen LogP contribution in [0.2, 0.25) is 0 Å². The van der Waals surface area contributed by atoms with E-state index in [1.807, 2.05) is 0 Å². The second-order valence-corrected chi connectivity index (χ2v) is 5.67. The summed E-state index contributed by atoms with van der Waals surface area (Å²) in [7, 11) is 0. The number of aliphatic hydroxyl groups is 1. The Morgan fingerprint density at radius 2 is 1.67 bits per heavy atom. The van der Waals surface area contributed by atoms with Crippen LogP contribution in [0.3, 0.4) is 0 Å². The summed E-state index contributed by atoms with van der Waals surface area (Å²) in [6.45, 7) is 9.76. The summed E-state index contributed by atoms with van der Waals surface area (Å²) in [6, 6.07) is 4.34. The molecule has 1 aromatic carbocycles. The van der Waals surface area contributed by atoms with Crippen LogP contribution in [0.4, 0.5) is 0 Å². The molecule has 2 nitrogen and oxygen atoms in total. The smallest absolute Gasteiger partial charge is 0.0807 e. The molecule has 0 amide bonds. The standard InChI is InChI=1S/C16H25NO/c1-12-10-13(2)16(14(3)11-12)15(18)6-9-17-7-4-5-8-17/h10-11,15,18H,4-9H2,1-3H3. The van der Waals surface area contributed by atoms with Crippen molar-refractivity contribution >= 4 is 0 Å². The molecule has 1 N–H and O–H groups in total. The van der Waals surface area contributed by atoms with Gasteiger partial charge in [0.1, 0.15) is 0 Å². The Hall–Kier alpha value is -0.860. The highest BCUT2D eigenvalue weighted by atomic mass is 16.3. The maximum Gasteiger partial charge on any atom is 0.0807 e. The fourth-order valence-electron chi connectivity index (χ4n) is 3.17. The molecule has 0 saturated carbocycles. The lowest BCUT2D eigenvalue weighted by atomic mass is 9.94. The minimum Gasteiger partial charge on any atom is -0.388 e. The first-order valence-electron chi connectivity index (χ1n) is 7.06. The highest BCUT2D eigenvalue weighted by Crippen LogP contribution is 2.26. The first kappa shape index (κ1) is 13.6. The van der Waals surface area contributed by atoms with Crippen LogP contribution in [0.1, 0.15) is 47.6 Å². The van der Waals surface area contributed by atoms with Crippen LogP contribution in [0.25, 0.3) is 0 Å². The van der Waals surface area contributed by atoms with Crippen molar-refractivity contribution in [3.05, 3.63) is 34.4 Å². The van der Waals surface area contributed by atoms with Gasteiger partial charge in [-0.2, -0.15) is 0 Å². The van der Waals surface area contributed by atoms with Crippen LogP contribution in [0, 0.1) is 20.8 Å². The molecular formula is C16H25NO. The molecule has 2 rings (SSSR count). The number of hydrogen-bond donors (Lipinski definition) is 1. The van der Waals surface area contributed by atoms with Crippen LogP contribution in [0.15, 0.2) is 12.1 Å². The number of aliphatic hydroxyl groups excluding tert-OH is 1. The van der Waals surface area contributed by atoms with E-state index in [2.05, 4.69) is 37.8 Å². The first-order chi connectivity index (χ1) is 8.58. The number of nitrogens with zero attached hydrogens (tertiary/aromatic N) is 1. The fraction of sp³-hybridized carbons (Fsp3) is 0.625. The third-order valence-corrected chi connectivity index (χ3v) is 3.99. The highest BCUT2D eigenvalue weighted by molar-refractivity contribution is 5.38. The van der Waals surface area contributed by atoms with Gasteiger partial charge < -0.3 is 10.0 Å². The van der Waals surface area contributed by atoms with Crippen LogP contribution in [0.5, 0.6) is 0 Å². The molecule has 18 heavy (non-hydrogen) atoms. The van der Waals surface area contributed by atoms with E-state index in [-0.39, 0.29) is 6.10 Å². The van der Waals surface area contributed by atoms with Gasteiger partial charge in [0, 0.05) is 6.54 Å². The summed E-state index contributed by atoms with van der Waals surface area (Å²) >= 11 is 0. The minimum atomic E-state index is -0.314. The zero-order valence-electron chi connectivity index (χ0n) is 11.9. The SMILES string of the molecule is Cc1cc(C)c(C(O)CCN2CCCC2)c(C)c1. The van der Waals surface area contributed by atoms with Gasteiger partial charge in [-0.1, -0.05) is 17.7 Å². The zero-order chi connectivity index (χ0) is 13.1. The normalized spacial score (nSPS) is 18.2. The molecule has 1 aromatic rings. The van der Waals surface area contributed by atoms with E-state index in [4.69, 9.17) is 0 Å². The molecule has 0 aromatic heterocycles. The number of aryl methyl sites for hydroxylation is 3. The molecule has 1 aliphatic heterocycles. The van der Waals surface area contributed by atoms with Crippen LogP contribution < -0.4 is 0 Å². The average Bonchev–Trinajstić information content (AvgIpc) is 2.77. The lowest BCUT2D eigenvalue weighted by Crippen LogP contribution is -2.22. The monoisotopic (exact) mass is 247 g/mol. The Morgan fingerprint density at radius 3 is 2.22 bits per heavy atom. The van der Waals surface area contributed by atoms with Gasteiger partial charge in [0.25, 0.3) is 0 Å². The van der Waals surface area contributed by atoms with Crippen molar-refractivity contribution in [3.8, 4) is 0 Å². The third kappa shape index (κ3) is 3.12. The molecule has 1 heterocycles. The molecule has 2 heteroatoms. The summed E-state index contributed by atoms with van der Waals surface area (Å²) in [5, 5.41) is 10.4. The van der Waals surface area contributed by atoms with Gasteiger partial charge in [-0.3, -0.25) is 0 Å². The minimum absolute atomic E-state index is 0.314. The Bertz CT molecular complexity index is 385. The third-order valence-electron chi connectivity index (χ3n) is 3.99. The Balaban J connectivity index is 2.01. The fourth-order valence-corrected chi connectivity index (χ4v) is 3.17. The van der Waals surface area contributed by atoms with E-state index in [0.29, 0.717) is 0 Å². The average molecular weight is 247 g/mol. The van der Waals surface area contributed by atoms with Gasteiger partial charge in [-0.05, 0) is 69.8 Å². The molecule has 0 spiro atoms. The number of hydrogen-bond acceptors (Lipinski definition) is 2. The second-order valence-electron chi connectivity index (χ2n) is 5.67. The van der Waals surface area contributed by atoms with Crippen LogP contribution >= 0.6 is 0 Å². The predicted molar refractivity (Wildman–Crippen MR) is 75.9 cm³/mol. The summed E-state index contributed by atoms with van der Waals surface area (Å²) in [4.78, 5) is 2.46. The van der Waals surface area contributed by atoms with Crippen LogP contribution in [-0.4, -0.2) is 29.6 Å². The van der Waals surface area contributed by atoms with Gasteiger partial charge in [0.2, 0.25) is 0 Å².